The number of hydrogen-bond acceptors (Lipinski definition) is 5. The number of ether oxygens (including phenoxy) is 2. The second-order valence-corrected chi connectivity index (χ2v) is 6.52. The van der Waals surface area contributed by atoms with Gasteiger partial charge in [0.2, 0.25) is 0 Å². The van der Waals surface area contributed by atoms with Crippen LogP contribution in [-0.4, -0.2) is 56.0 Å². The second kappa shape index (κ2) is 8.22. The molecule has 1 saturated heterocycles. The number of carbonyl (C=O) groups is 3. The summed E-state index contributed by atoms with van der Waals surface area (Å²) >= 11 is 0. The molecule has 144 valence electrons. The van der Waals surface area contributed by atoms with Crippen molar-refractivity contribution in [2.75, 3.05) is 38.7 Å². The Bertz CT molecular complexity index is 864. The molecule has 2 aromatic rings. The molecule has 3 rings (SSSR count). The first-order chi connectivity index (χ1) is 13.0. The van der Waals surface area contributed by atoms with E-state index in [0.717, 1.165) is 4.90 Å². The molecule has 1 aliphatic rings. The highest BCUT2D eigenvalue weighted by Gasteiger charge is 2.25. The van der Waals surface area contributed by atoms with E-state index in [1.807, 2.05) is 0 Å². The Morgan fingerprint density at radius 3 is 2.67 bits per heavy atom. The molecule has 2 heterocycles. The lowest BCUT2D eigenvalue weighted by Gasteiger charge is -2.22. The van der Waals surface area contributed by atoms with E-state index in [2.05, 4.69) is 10.3 Å². The summed E-state index contributed by atoms with van der Waals surface area (Å²) in [6.07, 6.45) is 1.00. The minimum atomic E-state index is -0.529. The molecule has 27 heavy (non-hydrogen) atoms. The zero-order chi connectivity index (χ0) is 19.4. The van der Waals surface area contributed by atoms with E-state index in [1.165, 1.54) is 0 Å². The molecule has 0 spiro atoms. The molecule has 1 aromatic carbocycles. The molecule has 1 fully saturated rings. The quantitative estimate of drug-likeness (QED) is 0.641. The molecule has 0 aliphatic carbocycles. The van der Waals surface area contributed by atoms with Crippen molar-refractivity contribution in [1.29, 1.82) is 0 Å². The summed E-state index contributed by atoms with van der Waals surface area (Å²) in [5, 5.41) is 3.53. The molecule has 8 nitrogen and oxygen atoms in total. The maximum absolute atomic E-state index is 12.6. The number of carbonyl (C=O) groups excluding carboxylic acids is 3. The van der Waals surface area contributed by atoms with Crippen LogP contribution in [0.1, 0.15) is 30.3 Å². The van der Waals surface area contributed by atoms with E-state index < -0.39 is 5.97 Å². The molecule has 1 aromatic heterocycles. The van der Waals surface area contributed by atoms with Crippen LogP contribution in [0.5, 0.6) is 5.75 Å². The smallest absolute Gasteiger partial charge is 0.356 e. The molecule has 1 aliphatic heterocycles. The van der Waals surface area contributed by atoms with Gasteiger partial charge < -0.3 is 24.7 Å². The van der Waals surface area contributed by atoms with Crippen LogP contribution in [0.4, 0.5) is 5.69 Å². The van der Waals surface area contributed by atoms with Crippen molar-refractivity contribution >= 4 is 34.3 Å². The van der Waals surface area contributed by atoms with Gasteiger partial charge in [-0.05, 0) is 25.1 Å². The normalized spacial score (nSPS) is 15.0. The van der Waals surface area contributed by atoms with Gasteiger partial charge in [-0.25, -0.2) is 4.79 Å². The molecule has 3 N–H and O–H groups in total. The van der Waals surface area contributed by atoms with E-state index in [4.69, 9.17) is 9.47 Å². The van der Waals surface area contributed by atoms with Crippen LogP contribution in [0.25, 0.3) is 10.9 Å². The Balaban J connectivity index is 1.85. The SMILES string of the molecule is CCOC(=O)c1[nH]c2ccc(OC)cc2c1NC(=O)C[NH+]1CCC(=O)CC1. The van der Waals surface area contributed by atoms with Crippen molar-refractivity contribution in [3.05, 3.63) is 23.9 Å². The Morgan fingerprint density at radius 1 is 1.26 bits per heavy atom. The fourth-order valence-corrected chi connectivity index (χ4v) is 3.25. The first kappa shape index (κ1) is 18.9. The highest BCUT2D eigenvalue weighted by atomic mass is 16.5. The molecular formula is C19H24N3O5+. The number of piperidine rings is 1. The highest BCUT2D eigenvalue weighted by molar-refractivity contribution is 6.11. The lowest BCUT2D eigenvalue weighted by atomic mass is 10.1. The van der Waals surface area contributed by atoms with Crippen molar-refractivity contribution in [2.45, 2.75) is 19.8 Å². The Hall–Kier alpha value is -2.87. The summed E-state index contributed by atoms with van der Waals surface area (Å²) in [6, 6.07) is 5.32. The fourth-order valence-electron chi connectivity index (χ4n) is 3.25. The van der Waals surface area contributed by atoms with E-state index >= 15 is 0 Å². The number of methoxy groups -OCH3 is 1. The third-order valence-corrected chi connectivity index (χ3v) is 4.68. The van der Waals surface area contributed by atoms with Crippen LogP contribution in [-0.2, 0) is 14.3 Å². The lowest BCUT2D eigenvalue weighted by Crippen LogP contribution is -3.14. The lowest BCUT2D eigenvalue weighted by molar-refractivity contribution is -0.893. The van der Waals surface area contributed by atoms with Crippen molar-refractivity contribution in [3.8, 4) is 5.75 Å². The second-order valence-electron chi connectivity index (χ2n) is 6.52. The summed E-state index contributed by atoms with van der Waals surface area (Å²) in [7, 11) is 1.55. The molecule has 0 radical (unpaired) electrons. The highest BCUT2D eigenvalue weighted by Crippen LogP contribution is 2.31. The number of esters is 1. The van der Waals surface area contributed by atoms with Crippen molar-refractivity contribution in [2.24, 2.45) is 0 Å². The van der Waals surface area contributed by atoms with Crippen LogP contribution in [0.3, 0.4) is 0 Å². The number of likely N-dealkylation sites (tertiary alicyclic amines) is 1. The van der Waals surface area contributed by atoms with Crippen molar-refractivity contribution in [3.63, 3.8) is 0 Å². The number of aromatic amines is 1. The number of rotatable bonds is 6. The molecular weight excluding hydrogens is 350 g/mol. The van der Waals surface area contributed by atoms with E-state index in [-0.39, 0.29) is 30.5 Å². The number of amides is 1. The van der Waals surface area contributed by atoms with E-state index in [1.54, 1.807) is 32.2 Å². The molecule has 0 atom stereocenters. The van der Waals surface area contributed by atoms with Crippen LogP contribution >= 0.6 is 0 Å². The van der Waals surface area contributed by atoms with Gasteiger partial charge in [-0.1, -0.05) is 0 Å². The summed E-state index contributed by atoms with van der Waals surface area (Å²) in [5.74, 6) is 0.118. The number of benzene rings is 1. The van der Waals surface area contributed by atoms with Crippen LogP contribution in [0.15, 0.2) is 18.2 Å². The van der Waals surface area contributed by atoms with Crippen LogP contribution < -0.4 is 15.0 Å². The van der Waals surface area contributed by atoms with Crippen LogP contribution in [0.2, 0.25) is 0 Å². The van der Waals surface area contributed by atoms with Gasteiger partial charge in [-0.15, -0.1) is 0 Å². The van der Waals surface area contributed by atoms with Gasteiger partial charge >= 0.3 is 5.97 Å². The molecule has 8 heteroatoms. The summed E-state index contributed by atoms with van der Waals surface area (Å²) in [4.78, 5) is 40.3. The van der Waals surface area contributed by atoms with Gasteiger partial charge in [0.05, 0.1) is 45.3 Å². The number of H-pyrrole nitrogens is 1. The first-order valence-corrected chi connectivity index (χ1v) is 9.03. The Labute approximate surface area is 156 Å². The third kappa shape index (κ3) is 4.28. The van der Waals surface area contributed by atoms with E-state index in [9.17, 15) is 14.4 Å². The molecule has 0 bridgehead atoms. The van der Waals surface area contributed by atoms with Gasteiger partial charge in [0.15, 0.2) is 6.54 Å². The van der Waals surface area contributed by atoms with Gasteiger partial charge in [0, 0.05) is 10.9 Å². The largest absolute Gasteiger partial charge is 0.497 e. The van der Waals surface area contributed by atoms with Crippen molar-refractivity contribution < 1.29 is 28.8 Å². The number of fused-ring (bicyclic) bond motifs is 1. The summed E-state index contributed by atoms with van der Waals surface area (Å²) < 4.78 is 10.4. The Kier molecular flexibility index (Phi) is 5.75. The minimum Gasteiger partial charge on any atom is -0.497 e. The number of anilines is 1. The minimum absolute atomic E-state index is 0.206. The number of aromatic nitrogens is 1. The number of hydrogen-bond donors (Lipinski definition) is 3. The first-order valence-electron chi connectivity index (χ1n) is 9.03. The zero-order valence-electron chi connectivity index (χ0n) is 15.5. The average molecular weight is 374 g/mol. The van der Waals surface area contributed by atoms with Gasteiger partial charge in [0.25, 0.3) is 5.91 Å². The monoisotopic (exact) mass is 374 g/mol. The maximum Gasteiger partial charge on any atom is 0.356 e. The molecule has 0 unspecified atom stereocenters. The van der Waals surface area contributed by atoms with Gasteiger partial charge in [-0.3, -0.25) is 9.59 Å². The van der Waals surface area contributed by atoms with Gasteiger partial charge in [0.1, 0.15) is 17.2 Å². The summed E-state index contributed by atoms with van der Waals surface area (Å²) in [6.45, 7) is 3.50. The molecule has 1 amide bonds. The zero-order valence-corrected chi connectivity index (χ0v) is 15.5. The number of nitrogens with one attached hydrogen (secondary N) is 3. The number of Topliss-reactive ketones (excluding diaryl/α,β-unsaturated/α-hetero) is 1. The predicted molar refractivity (Wildman–Crippen MR) is 99.2 cm³/mol. The van der Waals surface area contributed by atoms with E-state index in [0.29, 0.717) is 48.3 Å². The summed E-state index contributed by atoms with van der Waals surface area (Å²) in [5.41, 5.74) is 1.29. The predicted octanol–water partition coefficient (Wildman–Crippen LogP) is 0.540. The topological polar surface area (TPSA) is 102 Å². The fraction of sp³-hybridized carbons (Fsp3) is 0.421. The Morgan fingerprint density at radius 2 is 2.00 bits per heavy atom. The molecule has 0 saturated carbocycles. The number of ketones is 1. The third-order valence-electron chi connectivity index (χ3n) is 4.68. The van der Waals surface area contributed by atoms with Crippen molar-refractivity contribution in [1.82, 2.24) is 4.98 Å². The van der Waals surface area contributed by atoms with Gasteiger partial charge in [-0.2, -0.15) is 0 Å². The standard InChI is InChI=1S/C19H23N3O5/c1-3-27-19(25)18-17(14-10-13(26-2)4-5-15(14)20-18)21-16(24)11-22-8-6-12(23)7-9-22/h4-5,10,20H,3,6-9,11H2,1-2H3,(H,21,24)/p+1. The number of quaternary nitrogens is 1. The average Bonchev–Trinajstić information content (AvgIpc) is 3.01. The van der Waals surface area contributed by atoms with Crippen LogP contribution in [0, 0.1) is 0 Å². The maximum atomic E-state index is 12.6.